The normalized spacial score (nSPS) is 23.1. The molecule has 1 aromatic heterocycles. The molecule has 0 saturated carbocycles. The second-order valence-electron chi connectivity index (χ2n) is 4.07. The Balaban J connectivity index is 1.77. The molecule has 0 spiro atoms. The van der Waals surface area contributed by atoms with Gasteiger partial charge in [0.1, 0.15) is 6.04 Å². The van der Waals surface area contributed by atoms with Crippen LogP contribution in [0.2, 0.25) is 0 Å². The van der Waals surface area contributed by atoms with Crippen LogP contribution in [0.1, 0.15) is 28.9 Å². The van der Waals surface area contributed by atoms with Crippen LogP contribution in [0.15, 0.2) is 52.0 Å². The van der Waals surface area contributed by atoms with Gasteiger partial charge in [0.15, 0.2) is 0 Å². The summed E-state index contributed by atoms with van der Waals surface area (Å²) in [5.74, 6) is 0. The second-order valence-corrected chi connectivity index (χ2v) is 6.29. The lowest BCUT2D eigenvalue weighted by Crippen LogP contribution is -1.95. The van der Waals surface area contributed by atoms with Gasteiger partial charge in [-0.15, -0.1) is 11.3 Å². The Labute approximate surface area is 118 Å². The first-order valence-electron chi connectivity index (χ1n) is 5.52. The van der Waals surface area contributed by atoms with Crippen LogP contribution in [-0.2, 0) is 0 Å². The molecule has 0 bridgehead atoms. The Hall–Kier alpha value is -0.750. The SMILES string of the molecule is Ic1ccc(C2CC(c3cccs3)N=N2)cc1. The lowest BCUT2D eigenvalue weighted by Gasteiger charge is -2.07. The van der Waals surface area contributed by atoms with Crippen molar-refractivity contribution in [3.8, 4) is 0 Å². The fourth-order valence-corrected chi connectivity index (χ4v) is 3.14. The Morgan fingerprint density at radius 3 is 2.53 bits per heavy atom. The number of hydrogen-bond acceptors (Lipinski definition) is 3. The molecule has 0 radical (unpaired) electrons. The summed E-state index contributed by atoms with van der Waals surface area (Å²) in [5.41, 5.74) is 1.27. The summed E-state index contributed by atoms with van der Waals surface area (Å²) in [7, 11) is 0. The van der Waals surface area contributed by atoms with Crippen molar-refractivity contribution in [2.24, 2.45) is 10.2 Å². The van der Waals surface area contributed by atoms with Crippen molar-refractivity contribution in [1.82, 2.24) is 0 Å². The molecular weight excluding hydrogens is 343 g/mol. The summed E-state index contributed by atoms with van der Waals surface area (Å²) in [5, 5.41) is 10.9. The van der Waals surface area contributed by atoms with Crippen LogP contribution in [0.5, 0.6) is 0 Å². The van der Waals surface area contributed by atoms with Crippen molar-refractivity contribution in [2.45, 2.75) is 18.5 Å². The molecule has 2 atom stereocenters. The number of halogens is 1. The largest absolute Gasteiger partial charge is 0.185 e. The predicted molar refractivity (Wildman–Crippen MR) is 78.4 cm³/mol. The van der Waals surface area contributed by atoms with Crippen LogP contribution in [-0.4, -0.2) is 0 Å². The monoisotopic (exact) mass is 354 g/mol. The topological polar surface area (TPSA) is 24.7 Å². The summed E-state index contributed by atoms with van der Waals surface area (Å²) >= 11 is 4.08. The van der Waals surface area contributed by atoms with E-state index in [2.05, 4.69) is 74.6 Å². The molecule has 2 nitrogen and oxygen atoms in total. The van der Waals surface area contributed by atoms with Gasteiger partial charge < -0.3 is 0 Å². The smallest absolute Gasteiger partial charge is 0.107 e. The predicted octanol–water partition coefficient (Wildman–Crippen LogP) is 4.99. The van der Waals surface area contributed by atoms with Gasteiger partial charge in [-0.3, -0.25) is 0 Å². The second kappa shape index (κ2) is 4.86. The molecule has 1 aromatic carbocycles. The molecule has 0 aliphatic carbocycles. The maximum atomic E-state index is 4.40. The Kier molecular flexibility index (Phi) is 3.24. The summed E-state index contributed by atoms with van der Waals surface area (Å²) in [6.07, 6.45) is 1.00. The molecule has 2 unspecified atom stereocenters. The van der Waals surface area contributed by atoms with Gasteiger partial charge in [0.05, 0.1) is 6.04 Å². The molecule has 1 aliphatic rings. The maximum Gasteiger partial charge on any atom is 0.107 e. The lowest BCUT2D eigenvalue weighted by atomic mass is 10.0. The van der Waals surface area contributed by atoms with E-state index in [4.69, 9.17) is 0 Å². The number of nitrogens with zero attached hydrogens (tertiary/aromatic N) is 2. The van der Waals surface area contributed by atoms with E-state index in [1.165, 1.54) is 14.0 Å². The van der Waals surface area contributed by atoms with Crippen molar-refractivity contribution < 1.29 is 0 Å². The Morgan fingerprint density at radius 2 is 1.82 bits per heavy atom. The van der Waals surface area contributed by atoms with Gasteiger partial charge in [-0.2, -0.15) is 10.2 Å². The zero-order valence-corrected chi connectivity index (χ0v) is 12.1. The molecule has 0 N–H and O–H groups in total. The van der Waals surface area contributed by atoms with Crippen LogP contribution in [0.4, 0.5) is 0 Å². The average molecular weight is 354 g/mol. The number of azo groups is 1. The Morgan fingerprint density at radius 1 is 1.06 bits per heavy atom. The fourth-order valence-electron chi connectivity index (χ4n) is 2.01. The number of thiophene rings is 1. The minimum atomic E-state index is 0.235. The van der Waals surface area contributed by atoms with Crippen LogP contribution >= 0.6 is 33.9 Å². The highest BCUT2D eigenvalue weighted by molar-refractivity contribution is 14.1. The molecule has 2 heterocycles. The first kappa shape index (κ1) is 11.3. The molecule has 0 amide bonds. The van der Waals surface area contributed by atoms with Gasteiger partial charge in [-0.25, -0.2) is 0 Å². The maximum absolute atomic E-state index is 4.40. The Bertz CT molecular complexity index is 519. The molecule has 1 aliphatic heterocycles. The molecule has 3 rings (SSSR count). The van der Waals surface area contributed by atoms with E-state index < -0.39 is 0 Å². The molecule has 86 valence electrons. The van der Waals surface area contributed by atoms with Crippen LogP contribution < -0.4 is 0 Å². The van der Waals surface area contributed by atoms with E-state index >= 15 is 0 Å². The van der Waals surface area contributed by atoms with Gasteiger partial charge in [-0.1, -0.05) is 18.2 Å². The van der Waals surface area contributed by atoms with Gasteiger partial charge in [-0.05, 0) is 51.7 Å². The van der Waals surface area contributed by atoms with E-state index in [9.17, 15) is 0 Å². The van der Waals surface area contributed by atoms with Crippen LogP contribution in [0.25, 0.3) is 0 Å². The molecule has 0 saturated heterocycles. The highest BCUT2D eigenvalue weighted by atomic mass is 127. The number of hydrogen-bond donors (Lipinski definition) is 0. The van der Waals surface area contributed by atoms with E-state index in [0.717, 1.165) is 6.42 Å². The molecule has 0 fully saturated rings. The first-order valence-corrected chi connectivity index (χ1v) is 7.47. The molecular formula is C13H11IN2S. The van der Waals surface area contributed by atoms with Gasteiger partial charge in [0, 0.05) is 14.9 Å². The highest BCUT2D eigenvalue weighted by Gasteiger charge is 2.25. The fraction of sp³-hybridized carbons (Fsp3) is 0.231. The number of benzene rings is 1. The van der Waals surface area contributed by atoms with Gasteiger partial charge in [0.2, 0.25) is 0 Å². The lowest BCUT2D eigenvalue weighted by molar-refractivity contribution is 0.667. The van der Waals surface area contributed by atoms with E-state index in [0.29, 0.717) is 0 Å². The quantitative estimate of drug-likeness (QED) is 0.679. The van der Waals surface area contributed by atoms with Crippen molar-refractivity contribution in [3.05, 3.63) is 55.8 Å². The summed E-state index contributed by atoms with van der Waals surface area (Å²) in [4.78, 5) is 1.32. The summed E-state index contributed by atoms with van der Waals surface area (Å²) < 4.78 is 1.26. The standard InChI is InChI=1S/C13H11IN2S/c14-10-5-3-9(4-6-10)11-8-12(16-15-11)13-2-1-7-17-13/h1-7,11-12H,8H2. The molecule has 17 heavy (non-hydrogen) atoms. The number of rotatable bonds is 2. The minimum Gasteiger partial charge on any atom is -0.185 e. The summed E-state index contributed by atoms with van der Waals surface area (Å²) in [6, 6.07) is 13.3. The average Bonchev–Trinajstić information content (AvgIpc) is 3.00. The third-order valence-electron chi connectivity index (χ3n) is 2.92. The van der Waals surface area contributed by atoms with Crippen molar-refractivity contribution in [1.29, 1.82) is 0 Å². The third kappa shape index (κ3) is 2.42. The zero-order chi connectivity index (χ0) is 11.7. The third-order valence-corrected chi connectivity index (χ3v) is 4.61. The molecule has 2 aromatic rings. The van der Waals surface area contributed by atoms with Crippen molar-refractivity contribution in [3.63, 3.8) is 0 Å². The van der Waals surface area contributed by atoms with E-state index in [1.54, 1.807) is 11.3 Å². The van der Waals surface area contributed by atoms with Crippen LogP contribution in [0.3, 0.4) is 0 Å². The first-order chi connectivity index (χ1) is 8.33. The zero-order valence-electron chi connectivity index (χ0n) is 9.08. The van der Waals surface area contributed by atoms with Gasteiger partial charge in [0.25, 0.3) is 0 Å². The minimum absolute atomic E-state index is 0.235. The van der Waals surface area contributed by atoms with E-state index in [-0.39, 0.29) is 12.1 Å². The van der Waals surface area contributed by atoms with Crippen LogP contribution in [0, 0.1) is 3.57 Å². The van der Waals surface area contributed by atoms with Gasteiger partial charge >= 0.3 is 0 Å². The van der Waals surface area contributed by atoms with Crippen molar-refractivity contribution >= 4 is 33.9 Å². The van der Waals surface area contributed by atoms with Crippen molar-refractivity contribution in [2.75, 3.05) is 0 Å². The van der Waals surface area contributed by atoms with E-state index in [1.807, 2.05) is 0 Å². The highest BCUT2D eigenvalue weighted by Crippen LogP contribution is 2.39. The molecule has 4 heteroatoms. The summed E-state index contributed by atoms with van der Waals surface area (Å²) in [6.45, 7) is 0.